The van der Waals surface area contributed by atoms with Crippen molar-refractivity contribution >= 4 is 39.1 Å². The second-order valence-corrected chi connectivity index (χ2v) is 5.44. The summed E-state index contributed by atoms with van der Waals surface area (Å²) in [6, 6.07) is 5.69. The van der Waals surface area contributed by atoms with E-state index in [1.165, 1.54) is 0 Å². The summed E-state index contributed by atoms with van der Waals surface area (Å²) in [5, 5.41) is 6.81. The van der Waals surface area contributed by atoms with Gasteiger partial charge in [0.15, 0.2) is 0 Å². The van der Waals surface area contributed by atoms with Crippen LogP contribution in [0.2, 0.25) is 5.02 Å². The quantitative estimate of drug-likeness (QED) is 0.899. The molecule has 0 spiro atoms. The van der Waals surface area contributed by atoms with Crippen molar-refractivity contribution < 1.29 is 4.79 Å². The summed E-state index contributed by atoms with van der Waals surface area (Å²) in [5.41, 5.74) is 0.768. The number of rotatable bonds is 3. The third-order valence-corrected chi connectivity index (χ3v) is 4.01. The Bertz CT molecular complexity index is 419. The normalized spacial score (nSPS) is 19.3. The largest absolute Gasteiger partial charge is 0.326 e. The van der Waals surface area contributed by atoms with Crippen LogP contribution < -0.4 is 10.6 Å². The van der Waals surface area contributed by atoms with Crippen molar-refractivity contribution in [3.05, 3.63) is 27.7 Å². The molecule has 2 rings (SSSR count). The van der Waals surface area contributed by atoms with Gasteiger partial charge in [0.05, 0.1) is 5.02 Å². The molecule has 1 aliphatic heterocycles. The minimum absolute atomic E-state index is 0.0404. The van der Waals surface area contributed by atoms with E-state index in [-0.39, 0.29) is 5.91 Å². The van der Waals surface area contributed by atoms with Gasteiger partial charge in [0.1, 0.15) is 0 Å². The van der Waals surface area contributed by atoms with Crippen LogP contribution in [-0.2, 0) is 4.79 Å². The van der Waals surface area contributed by atoms with E-state index in [1.54, 1.807) is 12.1 Å². The van der Waals surface area contributed by atoms with Gasteiger partial charge in [0.25, 0.3) is 0 Å². The first-order chi connectivity index (χ1) is 8.15. The minimum Gasteiger partial charge on any atom is -0.326 e. The van der Waals surface area contributed by atoms with Crippen LogP contribution in [0.15, 0.2) is 22.7 Å². The van der Waals surface area contributed by atoms with Crippen LogP contribution in [0, 0.1) is 0 Å². The molecule has 1 amide bonds. The summed E-state index contributed by atoms with van der Waals surface area (Å²) in [7, 11) is 0. The molecule has 0 radical (unpaired) electrons. The molecule has 0 saturated carbocycles. The van der Waals surface area contributed by atoms with Gasteiger partial charge >= 0.3 is 0 Å². The number of nitrogens with one attached hydrogen (secondary N) is 2. The lowest BCUT2D eigenvalue weighted by Gasteiger charge is -2.10. The van der Waals surface area contributed by atoms with Crippen molar-refractivity contribution in [2.45, 2.75) is 25.3 Å². The highest BCUT2D eigenvalue weighted by Gasteiger charge is 2.17. The molecule has 2 N–H and O–H groups in total. The van der Waals surface area contributed by atoms with E-state index in [1.807, 2.05) is 6.07 Å². The molecule has 1 aromatic rings. The second kappa shape index (κ2) is 5.85. The predicted octanol–water partition coefficient (Wildman–Crippen LogP) is 3.18. The molecule has 1 aromatic carbocycles. The van der Waals surface area contributed by atoms with Crippen LogP contribution in [-0.4, -0.2) is 18.5 Å². The third-order valence-electron chi connectivity index (χ3n) is 2.80. The van der Waals surface area contributed by atoms with E-state index in [4.69, 9.17) is 11.6 Å². The topological polar surface area (TPSA) is 41.1 Å². The molecule has 1 fully saturated rings. The van der Waals surface area contributed by atoms with Crippen molar-refractivity contribution in [1.82, 2.24) is 5.32 Å². The fourth-order valence-corrected chi connectivity index (χ4v) is 2.44. The van der Waals surface area contributed by atoms with Gasteiger partial charge in [-0.15, -0.1) is 0 Å². The Balaban J connectivity index is 1.90. The molecule has 17 heavy (non-hydrogen) atoms. The molecule has 1 saturated heterocycles. The Morgan fingerprint density at radius 1 is 1.59 bits per heavy atom. The Hall–Kier alpha value is -0.580. The van der Waals surface area contributed by atoms with Crippen molar-refractivity contribution in [3.8, 4) is 0 Å². The van der Waals surface area contributed by atoms with Gasteiger partial charge in [-0.05, 0) is 53.5 Å². The first-order valence-corrected chi connectivity index (χ1v) is 6.80. The van der Waals surface area contributed by atoms with Crippen molar-refractivity contribution in [2.75, 3.05) is 11.9 Å². The number of carbonyl (C=O) groups is 1. The summed E-state index contributed by atoms with van der Waals surface area (Å²) >= 11 is 9.21. The summed E-state index contributed by atoms with van der Waals surface area (Å²) in [6.07, 6.45) is 2.77. The number of carbonyl (C=O) groups excluding carboxylic acids is 1. The van der Waals surface area contributed by atoms with E-state index in [0.29, 0.717) is 17.5 Å². The fourth-order valence-electron chi connectivity index (χ4n) is 1.94. The van der Waals surface area contributed by atoms with Gasteiger partial charge in [-0.3, -0.25) is 4.79 Å². The molecule has 1 atom stereocenters. The van der Waals surface area contributed by atoms with Crippen LogP contribution in [0.3, 0.4) is 0 Å². The monoisotopic (exact) mass is 316 g/mol. The highest BCUT2D eigenvalue weighted by Crippen LogP contribution is 2.25. The number of amides is 1. The van der Waals surface area contributed by atoms with Crippen LogP contribution >= 0.6 is 27.5 Å². The Morgan fingerprint density at radius 3 is 3.06 bits per heavy atom. The lowest BCUT2D eigenvalue weighted by Crippen LogP contribution is -2.27. The van der Waals surface area contributed by atoms with E-state index in [2.05, 4.69) is 26.6 Å². The van der Waals surface area contributed by atoms with E-state index in [0.717, 1.165) is 29.5 Å². The van der Waals surface area contributed by atoms with Crippen LogP contribution in [0.1, 0.15) is 19.3 Å². The highest BCUT2D eigenvalue weighted by molar-refractivity contribution is 9.10. The maximum atomic E-state index is 11.8. The number of halogens is 2. The molecule has 3 nitrogen and oxygen atoms in total. The maximum absolute atomic E-state index is 11.8. The zero-order valence-electron chi connectivity index (χ0n) is 9.30. The smallest absolute Gasteiger partial charge is 0.225 e. The van der Waals surface area contributed by atoms with Gasteiger partial charge in [-0.1, -0.05) is 11.6 Å². The predicted molar refractivity (Wildman–Crippen MR) is 73.4 cm³/mol. The molecule has 92 valence electrons. The SMILES string of the molecule is O=C(CC1CCCN1)Nc1ccc(Cl)c(Br)c1. The Labute approximate surface area is 114 Å². The van der Waals surface area contributed by atoms with Crippen LogP contribution in [0.25, 0.3) is 0 Å². The number of anilines is 1. The molecule has 0 aliphatic carbocycles. The van der Waals surface area contributed by atoms with Crippen molar-refractivity contribution in [3.63, 3.8) is 0 Å². The van der Waals surface area contributed by atoms with Gasteiger partial charge in [-0.25, -0.2) is 0 Å². The first-order valence-electron chi connectivity index (χ1n) is 5.63. The van der Waals surface area contributed by atoms with E-state index < -0.39 is 0 Å². The number of benzene rings is 1. The van der Waals surface area contributed by atoms with Gasteiger partial charge in [0, 0.05) is 22.6 Å². The van der Waals surface area contributed by atoms with Gasteiger partial charge in [0.2, 0.25) is 5.91 Å². The first kappa shape index (κ1) is 12.9. The van der Waals surface area contributed by atoms with Crippen molar-refractivity contribution in [2.24, 2.45) is 0 Å². The zero-order valence-corrected chi connectivity index (χ0v) is 11.6. The molecule has 1 aliphatic rings. The fraction of sp³-hybridized carbons (Fsp3) is 0.417. The standard InChI is InChI=1S/C12H14BrClN2O/c13-10-6-9(3-4-11(10)14)16-12(17)7-8-2-1-5-15-8/h3-4,6,8,15H,1-2,5,7H2,(H,16,17). The zero-order chi connectivity index (χ0) is 12.3. The average molecular weight is 318 g/mol. The molecule has 5 heteroatoms. The van der Waals surface area contributed by atoms with Crippen molar-refractivity contribution in [1.29, 1.82) is 0 Å². The maximum Gasteiger partial charge on any atom is 0.225 e. The lowest BCUT2D eigenvalue weighted by atomic mass is 10.1. The summed E-state index contributed by atoms with van der Waals surface area (Å²) in [5.74, 6) is 0.0404. The van der Waals surface area contributed by atoms with E-state index in [9.17, 15) is 4.79 Å². The molecular weight excluding hydrogens is 304 g/mol. The second-order valence-electron chi connectivity index (χ2n) is 4.17. The summed E-state index contributed by atoms with van der Waals surface area (Å²) in [4.78, 5) is 11.8. The van der Waals surface area contributed by atoms with Gasteiger partial charge < -0.3 is 10.6 Å². The average Bonchev–Trinajstić information content (AvgIpc) is 2.76. The van der Waals surface area contributed by atoms with Crippen LogP contribution in [0.4, 0.5) is 5.69 Å². The highest BCUT2D eigenvalue weighted by atomic mass is 79.9. The minimum atomic E-state index is 0.0404. The summed E-state index contributed by atoms with van der Waals surface area (Å²) < 4.78 is 0.788. The molecule has 0 aromatic heterocycles. The number of hydrogen-bond acceptors (Lipinski definition) is 2. The Kier molecular flexibility index (Phi) is 4.42. The molecule has 0 bridgehead atoms. The third kappa shape index (κ3) is 3.69. The lowest BCUT2D eigenvalue weighted by molar-refractivity contribution is -0.116. The van der Waals surface area contributed by atoms with Crippen LogP contribution in [0.5, 0.6) is 0 Å². The van der Waals surface area contributed by atoms with E-state index >= 15 is 0 Å². The number of hydrogen-bond donors (Lipinski definition) is 2. The Morgan fingerprint density at radius 2 is 2.41 bits per heavy atom. The molecule has 1 heterocycles. The summed E-state index contributed by atoms with van der Waals surface area (Å²) in [6.45, 7) is 1.02. The molecular formula is C12H14BrClN2O. The van der Waals surface area contributed by atoms with Gasteiger partial charge in [-0.2, -0.15) is 0 Å². The molecule has 1 unspecified atom stereocenters.